The molecule has 1 radical (unpaired) electrons. The molecule has 0 fully saturated rings. The topological polar surface area (TPSA) is 38.3 Å². The predicted octanol–water partition coefficient (Wildman–Crippen LogP) is 6.84. The highest BCUT2D eigenvalue weighted by atomic mass is 32.1. The van der Waals surface area contributed by atoms with Crippen molar-refractivity contribution in [2.24, 2.45) is 11.3 Å². The van der Waals surface area contributed by atoms with E-state index >= 15 is 0 Å². The number of carbonyl (C=O) groups excluding carboxylic acids is 1. The van der Waals surface area contributed by atoms with E-state index in [1.165, 1.54) is 0 Å². The molecule has 1 atom stereocenters. The van der Waals surface area contributed by atoms with E-state index < -0.39 is 0 Å². The fourth-order valence-corrected chi connectivity index (χ4v) is 3.65. The second-order valence-corrected chi connectivity index (χ2v) is 12.1. The van der Waals surface area contributed by atoms with E-state index in [1.807, 2.05) is 7.48 Å². The molecule has 1 unspecified atom stereocenters. The average molecular weight is 427 g/mol. The van der Waals surface area contributed by atoms with Gasteiger partial charge < -0.3 is 9.97 Å². The van der Waals surface area contributed by atoms with E-state index in [1.54, 1.807) is 0 Å². The first-order valence-corrected chi connectivity index (χ1v) is 12.1. The summed E-state index contributed by atoms with van der Waals surface area (Å²) in [6.45, 7) is 21.1. The maximum absolute atomic E-state index is 13.3. The lowest BCUT2D eigenvalue weighted by Gasteiger charge is -2.39. The largest absolute Gasteiger partial charge is 0.434 e. The molecule has 0 aliphatic rings. The number of hydrogen-bond acceptors (Lipinski definition) is 3. The van der Waals surface area contributed by atoms with Crippen molar-refractivity contribution < 1.29 is 9.45 Å². The van der Waals surface area contributed by atoms with Crippen LogP contribution in [0.1, 0.15) is 114 Å². The number of rotatable bonds is 14. The van der Waals surface area contributed by atoms with E-state index in [0.717, 1.165) is 51.3 Å². The van der Waals surface area contributed by atoms with Gasteiger partial charge in [0, 0.05) is 15.7 Å². The third-order valence-corrected chi connectivity index (χ3v) is 6.84. The maximum Gasteiger partial charge on any atom is 0.293 e. The van der Waals surface area contributed by atoms with Crippen molar-refractivity contribution in [2.45, 2.75) is 136 Å². The second-order valence-electron chi connectivity index (χ2n) is 11.0. The highest BCUT2D eigenvalue weighted by Gasteiger charge is 2.41. The molecule has 0 aliphatic heterocycles. The fourth-order valence-electron chi connectivity index (χ4n) is 3.60. The van der Waals surface area contributed by atoms with Gasteiger partial charge in [-0.2, -0.15) is 12.6 Å². The van der Waals surface area contributed by atoms with Crippen molar-refractivity contribution in [1.82, 2.24) is 5.32 Å². The molecule has 0 aliphatic carbocycles. The summed E-state index contributed by atoms with van der Waals surface area (Å²) in [5.74, 6) is 0.652. The van der Waals surface area contributed by atoms with E-state index in [-0.39, 0.29) is 27.2 Å². The Balaban J connectivity index is 4.91. The van der Waals surface area contributed by atoms with Gasteiger partial charge in [0.05, 0.1) is 5.60 Å². The van der Waals surface area contributed by atoms with Crippen LogP contribution in [-0.2, 0) is 9.45 Å². The standard InChI is InChI=1S/C24H49BNO2S/c1-11-15-19(16-12-2)24(10,20(27)26-21(3,4)5)17-13-14-18-25-28-22(6,7)23(8,9)29/h19,29H,11-18H2,1-10H3,(H,26,27). The number of carbonyl (C=O) groups is 1. The first-order chi connectivity index (χ1) is 13.1. The van der Waals surface area contributed by atoms with Gasteiger partial charge in [-0.15, -0.1) is 0 Å². The van der Waals surface area contributed by atoms with Crippen LogP contribution in [0.25, 0.3) is 0 Å². The third-order valence-electron chi connectivity index (χ3n) is 6.30. The van der Waals surface area contributed by atoms with Crippen LogP contribution in [-0.4, -0.2) is 29.3 Å². The highest BCUT2D eigenvalue weighted by molar-refractivity contribution is 7.81. The van der Waals surface area contributed by atoms with Gasteiger partial charge in [0.2, 0.25) is 5.91 Å². The summed E-state index contributed by atoms with van der Waals surface area (Å²) in [4.78, 5) is 13.3. The monoisotopic (exact) mass is 426 g/mol. The lowest BCUT2D eigenvalue weighted by atomic mass is 9.68. The molecule has 29 heavy (non-hydrogen) atoms. The molecular weight excluding hydrogens is 377 g/mol. The van der Waals surface area contributed by atoms with Crippen molar-refractivity contribution >= 4 is 26.0 Å². The van der Waals surface area contributed by atoms with Crippen LogP contribution in [0, 0.1) is 11.3 Å². The van der Waals surface area contributed by atoms with Gasteiger partial charge in [0.25, 0.3) is 7.48 Å². The molecular formula is C24H49BNO2S. The lowest BCUT2D eigenvalue weighted by molar-refractivity contribution is -0.136. The summed E-state index contributed by atoms with van der Waals surface area (Å²) < 4.78 is 5.78. The Morgan fingerprint density at radius 2 is 1.48 bits per heavy atom. The van der Waals surface area contributed by atoms with Crippen molar-refractivity contribution in [3.63, 3.8) is 0 Å². The summed E-state index contributed by atoms with van der Waals surface area (Å²) in [6, 6.07) is 0. The minimum Gasteiger partial charge on any atom is -0.434 e. The zero-order chi connectivity index (χ0) is 22.9. The van der Waals surface area contributed by atoms with Gasteiger partial charge in [-0.1, -0.05) is 52.8 Å². The summed E-state index contributed by atoms with van der Waals surface area (Å²) in [5.41, 5.74) is -0.828. The Kier molecular flexibility index (Phi) is 12.0. The van der Waals surface area contributed by atoms with Crippen LogP contribution in [0.3, 0.4) is 0 Å². The minimum atomic E-state index is -0.315. The van der Waals surface area contributed by atoms with Crippen LogP contribution in [0.2, 0.25) is 6.32 Å². The molecule has 0 saturated heterocycles. The van der Waals surface area contributed by atoms with Crippen LogP contribution >= 0.6 is 12.6 Å². The fraction of sp³-hybridized carbons (Fsp3) is 0.958. The zero-order valence-corrected chi connectivity index (χ0v) is 22.0. The Labute approximate surface area is 188 Å². The average Bonchev–Trinajstić information content (AvgIpc) is 2.54. The SMILES string of the molecule is CCCC(CCC)C(C)(CCCC[B]OC(C)(C)C(C)(C)S)C(=O)NC(C)(C)C. The molecule has 0 bridgehead atoms. The van der Waals surface area contributed by atoms with Gasteiger partial charge in [-0.25, -0.2) is 0 Å². The molecule has 0 aromatic carbocycles. The molecule has 1 N–H and O–H groups in total. The molecule has 3 nitrogen and oxygen atoms in total. The van der Waals surface area contributed by atoms with Crippen LogP contribution < -0.4 is 5.32 Å². The maximum atomic E-state index is 13.3. The third kappa shape index (κ3) is 10.1. The number of hydrogen-bond donors (Lipinski definition) is 2. The molecule has 1 amide bonds. The Bertz CT molecular complexity index is 476. The highest BCUT2D eigenvalue weighted by Crippen LogP contribution is 2.40. The van der Waals surface area contributed by atoms with Crippen LogP contribution in [0.5, 0.6) is 0 Å². The van der Waals surface area contributed by atoms with Crippen LogP contribution in [0.4, 0.5) is 0 Å². The summed E-state index contributed by atoms with van der Waals surface area (Å²) >= 11 is 4.65. The molecule has 0 rings (SSSR count). The van der Waals surface area contributed by atoms with Gasteiger partial charge in [0.15, 0.2) is 0 Å². The minimum absolute atomic E-state index is 0.200. The van der Waals surface area contributed by atoms with E-state index in [0.29, 0.717) is 5.92 Å². The molecule has 5 heteroatoms. The van der Waals surface area contributed by atoms with E-state index in [4.69, 9.17) is 4.65 Å². The Morgan fingerprint density at radius 1 is 0.966 bits per heavy atom. The van der Waals surface area contributed by atoms with Crippen molar-refractivity contribution in [3.8, 4) is 0 Å². The van der Waals surface area contributed by atoms with Crippen molar-refractivity contribution in [3.05, 3.63) is 0 Å². The summed E-state index contributed by atoms with van der Waals surface area (Å²) in [5, 5.41) is 3.27. The number of thiol groups is 1. The second kappa shape index (κ2) is 12.0. The summed E-state index contributed by atoms with van der Waals surface area (Å²) in [7, 11) is 1.93. The normalized spacial score (nSPS) is 15.3. The first kappa shape index (κ1) is 28.8. The Hall–Kier alpha value is -0.155. The predicted molar refractivity (Wildman–Crippen MR) is 132 cm³/mol. The van der Waals surface area contributed by atoms with Gasteiger partial charge in [-0.3, -0.25) is 4.79 Å². The van der Waals surface area contributed by atoms with Crippen molar-refractivity contribution in [2.75, 3.05) is 0 Å². The summed E-state index contributed by atoms with van der Waals surface area (Å²) in [6.07, 6.45) is 8.36. The lowest BCUT2D eigenvalue weighted by Crippen LogP contribution is -2.51. The number of unbranched alkanes of at least 4 members (excludes halogenated alkanes) is 1. The zero-order valence-electron chi connectivity index (χ0n) is 21.1. The first-order valence-electron chi connectivity index (χ1n) is 11.6. The van der Waals surface area contributed by atoms with Gasteiger partial charge in [0.1, 0.15) is 0 Å². The molecule has 0 saturated carbocycles. The van der Waals surface area contributed by atoms with Gasteiger partial charge >= 0.3 is 0 Å². The van der Waals surface area contributed by atoms with Crippen LogP contribution in [0.15, 0.2) is 0 Å². The molecule has 171 valence electrons. The van der Waals surface area contributed by atoms with Gasteiger partial charge in [-0.05, 0) is 73.6 Å². The molecule has 0 spiro atoms. The molecule has 0 heterocycles. The van der Waals surface area contributed by atoms with E-state index in [9.17, 15) is 4.79 Å². The van der Waals surface area contributed by atoms with E-state index in [2.05, 4.69) is 87.2 Å². The number of nitrogens with one attached hydrogen (secondary N) is 1. The van der Waals surface area contributed by atoms with Crippen molar-refractivity contribution in [1.29, 1.82) is 0 Å². The molecule has 0 aromatic rings. The Morgan fingerprint density at radius 3 is 1.90 bits per heavy atom. The number of amides is 1. The molecule has 0 aromatic heterocycles. The smallest absolute Gasteiger partial charge is 0.293 e. The quantitative estimate of drug-likeness (QED) is 0.181.